The molecule has 0 aliphatic rings. The summed E-state index contributed by atoms with van der Waals surface area (Å²) >= 11 is 1.71. The molecule has 2 rings (SSSR count). The maximum atomic E-state index is 11.0. The summed E-state index contributed by atoms with van der Waals surface area (Å²) in [7, 11) is 0. The fourth-order valence-electron chi connectivity index (χ4n) is 1.87. The van der Waals surface area contributed by atoms with Crippen LogP contribution in [0.3, 0.4) is 0 Å². The Morgan fingerprint density at radius 3 is 2.86 bits per heavy atom. The summed E-state index contributed by atoms with van der Waals surface area (Å²) in [6.07, 6.45) is 1.89. The Hall–Kier alpha value is -2.26. The van der Waals surface area contributed by atoms with Crippen molar-refractivity contribution >= 4 is 28.8 Å². The van der Waals surface area contributed by atoms with Crippen molar-refractivity contribution in [1.82, 2.24) is 9.97 Å². The lowest BCUT2D eigenvalue weighted by atomic mass is 10.2. The van der Waals surface area contributed by atoms with Gasteiger partial charge in [0.05, 0.1) is 4.92 Å². The average Bonchev–Trinajstić information content (AvgIpc) is 2.83. The topological polar surface area (TPSA) is 119 Å². The van der Waals surface area contributed by atoms with E-state index in [2.05, 4.69) is 32.8 Å². The van der Waals surface area contributed by atoms with Crippen molar-refractivity contribution in [2.24, 2.45) is 5.84 Å². The van der Waals surface area contributed by atoms with Gasteiger partial charge in [-0.15, -0.1) is 11.3 Å². The zero-order chi connectivity index (χ0) is 15.4. The highest BCUT2D eigenvalue weighted by molar-refractivity contribution is 7.11. The van der Waals surface area contributed by atoms with Gasteiger partial charge in [0.1, 0.15) is 6.20 Å². The van der Waals surface area contributed by atoms with Gasteiger partial charge in [-0.05, 0) is 26.0 Å². The number of hydrazine groups is 1. The molecule has 0 amide bonds. The molecule has 0 spiro atoms. The van der Waals surface area contributed by atoms with E-state index in [4.69, 9.17) is 5.84 Å². The van der Waals surface area contributed by atoms with Crippen LogP contribution >= 0.6 is 11.3 Å². The van der Waals surface area contributed by atoms with E-state index < -0.39 is 4.92 Å². The Labute approximate surface area is 125 Å². The molecule has 0 aliphatic heterocycles. The fraction of sp³-hybridized carbons (Fsp3) is 0.333. The van der Waals surface area contributed by atoms with E-state index in [1.54, 1.807) is 11.3 Å². The number of hydrogen-bond acceptors (Lipinski definition) is 8. The molecular formula is C12H16N6O2S. The van der Waals surface area contributed by atoms with Gasteiger partial charge in [-0.1, -0.05) is 0 Å². The largest absolute Gasteiger partial charge is 0.361 e. The molecule has 112 valence electrons. The lowest BCUT2D eigenvalue weighted by Gasteiger charge is -2.14. The zero-order valence-corrected chi connectivity index (χ0v) is 12.5. The summed E-state index contributed by atoms with van der Waals surface area (Å²) in [5.41, 5.74) is 2.10. The number of thiophene rings is 1. The van der Waals surface area contributed by atoms with Crippen LogP contribution in [-0.2, 0) is 6.42 Å². The van der Waals surface area contributed by atoms with Crippen molar-refractivity contribution in [3.05, 3.63) is 38.2 Å². The lowest BCUT2D eigenvalue weighted by molar-refractivity contribution is -0.384. The number of nitrogen functional groups attached to an aromatic ring is 1. The minimum atomic E-state index is -0.523. The maximum absolute atomic E-state index is 11.0. The van der Waals surface area contributed by atoms with Crippen LogP contribution in [0.5, 0.6) is 0 Å². The summed E-state index contributed by atoms with van der Waals surface area (Å²) in [5, 5.41) is 14.0. The number of hydrogen-bond donors (Lipinski definition) is 3. The molecule has 0 radical (unpaired) electrons. The third-order valence-corrected chi connectivity index (χ3v) is 3.80. The van der Waals surface area contributed by atoms with Crippen molar-refractivity contribution in [1.29, 1.82) is 0 Å². The number of nitrogens with zero attached hydrogens (tertiary/aromatic N) is 3. The van der Waals surface area contributed by atoms with Crippen LogP contribution in [0.15, 0.2) is 18.3 Å². The van der Waals surface area contributed by atoms with E-state index >= 15 is 0 Å². The summed E-state index contributed by atoms with van der Waals surface area (Å²) in [5.74, 6) is 5.51. The number of anilines is 2. The normalized spacial score (nSPS) is 12.0. The predicted molar refractivity (Wildman–Crippen MR) is 82.3 cm³/mol. The Bertz CT molecular complexity index is 644. The molecule has 2 aromatic rings. The zero-order valence-electron chi connectivity index (χ0n) is 11.7. The summed E-state index contributed by atoms with van der Waals surface area (Å²) < 4.78 is 0. The van der Waals surface area contributed by atoms with Crippen LogP contribution < -0.4 is 16.6 Å². The number of nitro groups is 1. The number of nitrogens with two attached hydrogens (primary N) is 1. The smallest absolute Gasteiger partial charge is 0.329 e. The highest BCUT2D eigenvalue weighted by atomic mass is 32.1. The first-order valence-electron chi connectivity index (χ1n) is 6.29. The van der Waals surface area contributed by atoms with E-state index in [0.717, 1.165) is 12.6 Å². The van der Waals surface area contributed by atoms with Gasteiger partial charge in [0, 0.05) is 22.2 Å². The van der Waals surface area contributed by atoms with Gasteiger partial charge in [-0.25, -0.2) is 10.8 Å². The van der Waals surface area contributed by atoms with E-state index in [1.807, 2.05) is 13.8 Å². The Morgan fingerprint density at radius 2 is 2.29 bits per heavy atom. The van der Waals surface area contributed by atoms with Gasteiger partial charge in [-0.3, -0.25) is 15.5 Å². The molecule has 0 fully saturated rings. The lowest BCUT2D eigenvalue weighted by Crippen LogP contribution is -2.20. The highest BCUT2D eigenvalue weighted by Gasteiger charge is 2.19. The molecule has 8 nitrogen and oxygen atoms in total. The molecule has 1 atom stereocenters. The van der Waals surface area contributed by atoms with Crippen molar-refractivity contribution in [3.63, 3.8) is 0 Å². The van der Waals surface area contributed by atoms with Crippen LogP contribution in [-0.4, -0.2) is 20.9 Å². The number of aryl methyl sites for hydroxylation is 1. The van der Waals surface area contributed by atoms with Gasteiger partial charge >= 0.3 is 5.69 Å². The molecule has 4 N–H and O–H groups in total. The molecule has 0 bridgehead atoms. The molecule has 2 heterocycles. The van der Waals surface area contributed by atoms with E-state index in [9.17, 15) is 10.1 Å². The summed E-state index contributed by atoms with van der Waals surface area (Å²) in [4.78, 5) is 20.7. The molecule has 2 aromatic heterocycles. The quantitative estimate of drug-likeness (QED) is 0.424. The molecule has 9 heteroatoms. The first-order valence-corrected chi connectivity index (χ1v) is 7.11. The van der Waals surface area contributed by atoms with Gasteiger partial charge in [0.25, 0.3) is 0 Å². The molecule has 0 aliphatic carbocycles. The molecule has 0 saturated carbocycles. The first-order chi connectivity index (χ1) is 9.99. The Morgan fingerprint density at radius 1 is 1.52 bits per heavy atom. The summed E-state index contributed by atoms with van der Waals surface area (Å²) in [6, 6.07) is 4.10. The van der Waals surface area contributed by atoms with Crippen LogP contribution in [0.1, 0.15) is 16.7 Å². The van der Waals surface area contributed by atoms with Crippen LogP contribution in [0.4, 0.5) is 17.5 Å². The molecular weight excluding hydrogens is 292 g/mol. The van der Waals surface area contributed by atoms with Crippen molar-refractivity contribution in [2.45, 2.75) is 26.3 Å². The number of aromatic nitrogens is 2. The van der Waals surface area contributed by atoms with Gasteiger partial charge in [0.15, 0.2) is 0 Å². The van der Waals surface area contributed by atoms with Gasteiger partial charge < -0.3 is 5.32 Å². The van der Waals surface area contributed by atoms with Gasteiger partial charge in [0.2, 0.25) is 11.8 Å². The molecule has 0 aromatic carbocycles. The standard InChI is InChI=1S/C12H16N6O2S/c1-7(5-9-4-3-8(2)21-9)15-11-10(18(19)20)6-14-12(16-11)17-13/h3-4,6-7H,5,13H2,1-2H3,(H2,14,15,16,17). The van der Waals surface area contributed by atoms with E-state index in [1.165, 1.54) is 9.75 Å². The van der Waals surface area contributed by atoms with E-state index in [0.29, 0.717) is 0 Å². The minimum Gasteiger partial charge on any atom is -0.361 e. The maximum Gasteiger partial charge on any atom is 0.329 e. The third-order valence-electron chi connectivity index (χ3n) is 2.78. The fourth-order valence-corrected chi connectivity index (χ4v) is 2.88. The van der Waals surface area contributed by atoms with Crippen LogP contribution in [0.25, 0.3) is 0 Å². The van der Waals surface area contributed by atoms with Crippen LogP contribution in [0.2, 0.25) is 0 Å². The SMILES string of the molecule is Cc1ccc(CC(C)Nc2nc(NN)ncc2[N+](=O)[O-])s1. The second-order valence-corrected chi connectivity index (χ2v) is 5.96. The Balaban J connectivity index is 2.15. The van der Waals surface area contributed by atoms with Gasteiger partial charge in [-0.2, -0.15) is 4.98 Å². The highest BCUT2D eigenvalue weighted by Crippen LogP contribution is 2.24. The second kappa shape index (κ2) is 6.46. The molecule has 0 saturated heterocycles. The number of rotatable bonds is 6. The van der Waals surface area contributed by atoms with Crippen molar-refractivity contribution < 1.29 is 4.92 Å². The summed E-state index contributed by atoms with van der Waals surface area (Å²) in [6.45, 7) is 3.98. The van der Waals surface area contributed by atoms with Crippen LogP contribution in [0, 0.1) is 17.0 Å². The first kappa shape index (κ1) is 15.1. The monoisotopic (exact) mass is 308 g/mol. The Kier molecular flexibility index (Phi) is 4.66. The number of nitrogens with one attached hydrogen (secondary N) is 2. The predicted octanol–water partition coefficient (Wildman–Crippen LogP) is 2.08. The molecule has 21 heavy (non-hydrogen) atoms. The third kappa shape index (κ3) is 3.86. The van der Waals surface area contributed by atoms with E-state index in [-0.39, 0.29) is 23.5 Å². The average molecular weight is 308 g/mol. The molecule has 1 unspecified atom stereocenters. The van der Waals surface area contributed by atoms with Crippen molar-refractivity contribution in [2.75, 3.05) is 10.7 Å². The second-order valence-electron chi connectivity index (χ2n) is 4.59. The minimum absolute atomic E-state index is 0.0118. The van der Waals surface area contributed by atoms with Crippen molar-refractivity contribution in [3.8, 4) is 0 Å².